The van der Waals surface area contributed by atoms with E-state index >= 15 is 0 Å². The number of nitrogens with zero attached hydrogens (tertiary/aromatic N) is 2. The number of aliphatic carboxylic acids is 1. The van der Waals surface area contributed by atoms with Gasteiger partial charge in [-0.15, -0.1) is 0 Å². The first-order chi connectivity index (χ1) is 9.77. The fourth-order valence-corrected chi connectivity index (χ4v) is 3.90. The average molecular weight is 315 g/mol. The number of nitrogens with one attached hydrogen (secondary N) is 1. The smallest absolute Gasteiger partial charge is 0.307 e. The molecule has 0 bridgehead atoms. The molecule has 1 saturated heterocycles. The summed E-state index contributed by atoms with van der Waals surface area (Å²) >= 11 is 0. The van der Waals surface area contributed by atoms with Gasteiger partial charge in [0, 0.05) is 33.4 Å². The van der Waals surface area contributed by atoms with Crippen molar-refractivity contribution in [2.24, 2.45) is 13.0 Å². The number of hydrogen-bond donors (Lipinski definition) is 2. The van der Waals surface area contributed by atoms with Crippen LogP contribution in [0.15, 0.2) is 17.2 Å². The van der Waals surface area contributed by atoms with Crippen molar-refractivity contribution in [2.45, 2.75) is 11.3 Å². The lowest BCUT2D eigenvalue weighted by Gasteiger charge is -2.14. The Labute approximate surface area is 122 Å². The van der Waals surface area contributed by atoms with E-state index in [9.17, 15) is 18.0 Å². The summed E-state index contributed by atoms with van der Waals surface area (Å²) in [5.74, 6) is -2.06. The Hall–Kier alpha value is -1.87. The van der Waals surface area contributed by atoms with Crippen LogP contribution in [0.25, 0.3) is 0 Å². The van der Waals surface area contributed by atoms with Crippen molar-refractivity contribution in [3.63, 3.8) is 0 Å². The molecule has 9 heteroatoms. The summed E-state index contributed by atoms with van der Waals surface area (Å²) in [5, 5.41) is 11.4. The Kier molecular flexibility index (Phi) is 4.06. The topological polar surface area (TPSA) is 109 Å². The first kappa shape index (κ1) is 15.5. The van der Waals surface area contributed by atoms with Gasteiger partial charge < -0.3 is 15.0 Å². The Morgan fingerprint density at radius 3 is 2.62 bits per heavy atom. The van der Waals surface area contributed by atoms with Crippen LogP contribution in [0.2, 0.25) is 0 Å². The summed E-state index contributed by atoms with van der Waals surface area (Å²) in [5.41, 5.74) is 0.227. The quantitative estimate of drug-likeness (QED) is 0.777. The van der Waals surface area contributed by atoms with Gasteiger partial charge in [0.2, 0.25) is 10.0 Å². The van der Waals surface area contributed by atoms with Gasteiger partial charge in [-0.2, -0.15) is 4.31 Å². The van der Waals surface area contributed by atoms with Crippen molar-refractivity contribution >= 4 is 21.9 Å². The van der Waals surface area contributed by atoms with Crippen LogP contribution in [0, 0.1) is 5.92 Å². The predicted octanol–water partition coefficient (Wildman–Crippen LogP) is -0.520. The number of carbonyl (C=O) groups is 2. The number of aromatic nitrogens is 1. The minimum absolute atomic E-state index is 0.00496. The molecule has 0 aliphatic carbocycles. The van der Waals surface area contributed by atoms with Gasteiger partial charge in [-0.05, 0) is 12.5 Å². The third kappa shape index (κ3) is 2.79. The number of amides is 1. The van der Waals surface area contributed by atoms with E-state index in [0.717, 1.165) is 4.31 Å². The fourth-order valence-electron chi connectivity index (χ4n) is 2.33. The molecule has 1 aromatic heterocycles. The van der Waals surface area contributed by atoms with Gasteiger partial charge in [0.1, 0.15) is 10.6 Å². The fraction of sp³-hybridized carbons (Fsp3) is 0.500. The summed E-state index contributed by atoms with van der Waals surface area (Å²) in [6.45, 7) is 0.130. The highest BCUT2D eigenvalue weighted by atomic mass is 32.2. The molecule has 1 fully saturated rings. The molecule has 0 aromatic carbocycles. The summed E-state index contributed by atoms with van der Waals surface area (Å²) in [7, 11) is -0.743. The van der Waals surface area contributed by atoms with E-state index in [1.807, 2.05) is 0 Å². The van der Waals surface area contributed by atoms with Crippen LogP contribution >= 0.6 is 0 Å². The van der Waals surface area contributed by atoms with Crippen LogP contribution in [0.4, 0.5) is 0 Å². The molecule has 1 aliphatic rings. The number of aryl methyl sites for hydroxylation is 1. The van der Waals surface area contributed by atoms with Crippen LogP contribution < -0.4 is 5.32 Å². The number of rotatable bonds is 4. The molecule has 0 saturated carbocycles. The average Bonchev–Trinajstić information content (AvgIpc) is 3.04. The molecule has 0 spiro atoms. The maximum absolute atomic E-state index is 12.5. The Morgan fingerprint density at radius 2 is 2.10 bits per heavy atom. The largest absolute Gasteiger partial charge is 0.481 e. The molecule has 0 radical (unpaired) electrons. The minimum Gasteiger partial charge on any atom is -0.481 e. The van der Waals surface area contributed by atoms with E-state index in [4.69, 9.17) is 5.11 Å². The predicted molar refractivity (Wildman–Crippen MR) is 73.3 cm³/mol. The molecule has 116 valence electrons. The van der Waals surface area contributed by atoms with Crippen LogP contribution in [0.3, 0.4) is 0 Å². The molecule has 1 amide bonds. The molecule has 1 atom stereocenters. The highest BCUT2D eigenvalue weighted by Gasteiger charge is 2.36. The maximum Gasteiger partial charge on any atom is 0.307 e. The second kappa shape index (κ2) is 5.49. The van der Waals surface area contributed by atoms with Crippen molar-refractivity contribution in [1.82, 2.24) is 14.2 Å². The highest BCUT2D eigenvalue weighted by molar-refractivity contribution is 7.89. The SMILES string of the molecule is CNC(=O)c1cc(S(=O)(=O)N2CCC(C(=O)O)C2)cn1C. The molecular weight excluding hydrogens is 298 g/mol. The monoisotopic (exact) mass is 315 g/mol. The van der Waals surface area contributed by atoms with Crippen molar-refractivity contribution in [3.05, 3.63) is 18.0 Å². The molecule has 1 unspecified atom stereocenters. The molecule has 8 nitrogen and oxygen atoms in total. The third-order valence-corrected chi connectivity index (χ3v) is 5.41. The van der Waals surface area contributed by atoms with Crippen molar-refractivity contribution in [3.8, 4) is 0 Å². The lowest BCUT2D eigenvalue weighted by molar-refractivity contribution is -0.141. The zero-order valence-electron chi connectivity index (χ0n) is 11.7. The Bertz CT molecular complexity index is 679. The van der Waals surface area contributed by atoms with Gasteiger partial charge in [-0.1, -0.05) is 0 Å². The number of sulfonamides is 1. The first-order valence-corrected chi connectivity index (χ1v) is 7.82. The molecular formula is C12H17N3O5S. The lowest BCUT2D eigenvalue weighted by Crippen LogP contribution is -2.29. The number of hydrogen-bond acceptors (Lipinski definition) is 4. The molecule has 2 rings (SSSR count). The third-order valence-electron chi connectivity index (χ3n) is 3.58. The van der Waals surface area contributed by atoms with E-state index in [-0.39, 0.29) is 29.6 Å². The molecule has 1 aromatic rings. The lowest BCUT2D eigenvalue weighted by atomic mass is 10.1. The van der Waals surface area contributed by atoms with Gasteiger partial charge in [0.15, 0.2) is 0 Å². The zero-order chi connectivity index (χ0) is 15.8. The number of carboxylic acid groups (broad SMARTS) is 1. The normalized spacial score (nSPS) is 19.6. The van der Waals surface area contributed by atoms with Crippen LogP contribution in [0.5, 0.6) is 0 Å². The van der Waals surface area contributed by atoms with E-state index in [2.05, 4.69) is 5.32 Å². The van der Waals surface area contributed by atoms with Gasteiger partial charge >= 0.3 is 5.97 Å². The maximum atomic E-state index is 12.5. The van der Waals surface area contributed by atoms with Gasteiger partial charge in [-0.3, -0.25) is 9.59 Å². The summed E-state index contributed by atoms with van der Waals surface area (Å²) < 4.78 is 27.5. The summed E-state index contributed by atoms with van der Waals surface area (Å²) in [6, 6.07) is 1.29. The Balaban J connectivity index is 2.29. The van der Waals surface area contributed by atoms with Crippen molar-refractivity contribution in [2.75, 3.05) is 20.1 Å². The molecule has 2 N–H and O–H groups in total. The standard InChI is InChI=1S/C12H17N3O5S/c1-13-11(16)10-5-9(7-14(10)2)21(19,20)15-4-3-8(6-15)12(17)18/h5,7-8H,3-4,6H2,1-2H3,(H,13,16)(H,17,18). The highest BCUT2D eigenvalue weighted by Crippen LogP contribution is 2.25. The Morgan fingerprint density at radius 1 is 1.43 bits per heavy atom. The molecule has 2 heterocycles. The van der Waals surface area contributed by atoms with Crippen LogP contribution in [-0.4, -0.2) is 54.4 Å². The summed E-state index contributed by atoms with van der Waals surface area (Å²) in [4.78, 5) is 22.5. The second-order valence-corrected chi connectivity index (χ2v) is 6.88. The van der Waals surface area contributed by atoms with E-state index in [1.165, 1.54) is 23.9 Å². The van der Waals surface area contributed by atoms with Crippen molar-refractivity contribution in [1.29, 1.82) is 0 Å². The van der Waals surface area contributed by atoms with Gasteiger partial charge in [-0.25, -0.2) is 8.42 Å². The zero-order valence-corrected chi connectivity index (χ0v) is 12.6. The first-order valence-electron chi connectivity index (χ1n) is 6.38. The minimum atomic E-state index is -3.78. The van der Waals surface area contributed by atoms with Crippen molar-refractivity contribution < 1.29 is 23.1 Å². The number of carbonyl (C=O) groups excluding carboxylic acids is 1. The number of carboxylic acids is 1. The van der Waals surface area contributed by atoms with Gasteiger partial charge in [0.05, 0.1) is 5.92 Å². The van der Waals surface area contributed by atoms with E-state index in [1.54, 1.807) is 7.05 Å². The van der Waals surface area contributed by atoms with E-state index in [0.29, 0.717) is 6.42 Å². The van der Waals surface area contributed by atoms with Crippen LogP contribution in [0.1, 0.15) is 16.9 Å². The van der Waals surface area contributed by atoms with Gasteiger partial charge in [0.25, 0.3) is 5.91 Å². The summed E-state index contributed by atoms with van der Waals surface area (Å²) in [6.07, 6.45) is 1.65. The molecule has 21 heavy (non-hydrogen) atoms. The van der Waals surface area contributed by atoms with E-state index < -0.39 is 21.9 Å². The second-order valence-electron chi connectivity index (χ2n) is 4.94. The molecule has 1 aliphatic heterocycles. The van der Waals surface area contributed by atoms with Crippen LogP contribution in [-0.2, 0) is 21.9 Å².